The van der Waals surface area contributed by atoms with Crippen LogP contribution in [-0.2, 0) is 13.5 Å². The van der Waals surface area contributed by atoms with E-state index in [4.69, 9.17) is 4.74 Å². The van der Waals surface area contributed by atoms with Crippen LogP contribution in [0.15, 0.2) is 35.7 Å². The van der Waals surface area contributed by atoms with Crippen molar-refractivity contribution in [3.63, 3.8) is 0 Å². The predicted molar refractivity (Wildman–Crippen MR) is 87.1 cm³/mol. The van der Waals surface area contributed by atoms with E-state index in [-0.39, 0.29) is 6.04 Å². The number of ether oxygens (including phenoxy) is 1. The average molecular weight is 301 g/mol. The number of aryl methyl sites for hydroxylation is 1. The normalized spacial score (nSPS) is 12.7. The molecule has 1 unspecified atom stereocenters. The molecule has 5 heteroatoms. The summed E-state index contributed by atoms with van der Waals surface area (Å²) >= 11 is 1.72. The SMILES string of the molecule is CNC(Cc1nn(C)c2ccccc12)c1sccc1OC. The first-order chi connectivity index (χ1) is 10.2. The highest BCUT2D eigenvalue weighted by molar-refractivity contribution is 7.10. The summed E-state index contributed by atoms with van der Waals surface area (Å²) in [6.07, 6.45) is 0.842. The van der Waals surface area contributed by atoms with Crippen molar-refractivity contribution >= 4 is 22.2 Å². The van der Waals surface area contributed by atoms with Gasteiger partial charge < -0.3 is 10.1 Å². The number of nitrogens with zero attached hydrogens (tertiary/aromatic N) is 2. The first-order valence-electron chi connectivity index (χ1n) is 6.94. The van der Waals surface area contributed by atoms with Crippen LogP contribution >= 0.6 is 11.3 Å². The highest BCUT2D eigenvalue weighted by Gasteiger charge is 2.19. The number of rotatable bonds is 5. The molecule has 0 aliphatic heterocycles. The molecule has 2 aromatic heterocycles. The number of aromatic nitrogens is 2. The quantitative estimate of drug-likeness (QED) is 0.787. The maximum Gasteiger partial charge on any atom is 0.134 e. The average Bonchev–Trinajstić information content (AvgIpc) is 3.10. The molecule has 1 N–H and O–H groups in total. The van der Waals surface area contributed by atoms with Gasteiger partial charge in [-0.15, -0.1) is 11.3 Å². The molecule has 0 bridgehead atoms. The topological polar surface area (TPSA) is 39.1 Å². The van der Waals surface area contributed by atoms with Crippen LogP contribution in [0.5, 0.6) is 5.75 Å². The standard InChI is InChI=1S/C16H19N3OS/c1-17-13(16-15(20-3)8-9-21-16)10-12-11-6-4-5-7-14(11)19(2)18-12/h4-9,13,17H,10H2,1-3H3. The van der Waals surface area contributed by atoms with Gasteiger partial charge in [-0.2, -0.15) is 5.10 Å². The number of nitrogens with one attached hydrogen (secondary N) is 1. The van der Waals surface area contributed by atoms with E-state index < -0.39 is 0 Å². The molecule has 0 aliphatic carbocycles. The van der Waals surface area contributed by atoms with Crippen molar-refractivity contribution in [3.05, 3.63) is 46.3 Å². The Balaban J connectivity index is 1.96. The molecular weight excluding hydrogens is 282 g/mol. The third-order valence-corrected chi connectivity index (χ3v) is 4.79. The van der Waals surface area contributed by atoms with Gasteiger partial charge in [0.1, 0.15) is 5.75 Å². The van der Waals surface area contributed by atoms with E-state index in [0.29, 0.717) is 0 Å². The van der Waals surface area contributed by atoms with Crippen LogP contribution in [0.4, 0.5) is 0 Å². The van der Waals surface area contributed by atoms with Crippen molar-refractivity contribution in [1.29, 1.82) is 0 Å². The van der Waals surface area contributed by atoms with Crippen molar-refractivity contribution in [2.45, 2.75) is 12.5 Å². The minimum Gasteiger partial charge on any atom is -0.496 e. The zero-order chi connectivity index (χ0) is 14.8. The fourth-order valence-electron chi connectivity index (χ4n) is 2.69. The van der Waals surface area contributed by atoms with E-state index in [1.807, 2.05) is 30.9 Å². The van der Waals surface area contributed by atoms with Crippen LogP contribution in [0.25, 0.3) is 10.9 Å². The summed E-state index contributed by atoms with van der Waals surface area (Å²) < 4.78 is 7.39. The number of hydrogen-bond acceptors (Lipinski definition) is 4. The predicted octanol–water partition coefficient (Wildman–Crippen LogP) is 3.15. The van der Waals surface area contributed by atoms with Gasteiger partial charge in [-0.3, -0.25) is 4.68 Å². The second-order valence-electron chi connectivity index (χ2n) is 4.99. The first-order valence-corrected chi connectivity index (χ1v) is 7.81. The maximum atomic E-state index is 5.44. The largest absolute Gasteiger partial charge is 0.496 e. The molecule has 0 saturated carbocycles. The van der Waals surface area contributed by atoms with Gasteiger partial charge in [0.15, 0.2) is 0 Å². The zero-order valence-corrected chi connectivity index (χ0v) is 13.3. The van der Waals surface area contributed by atoms with Gasteiger partial charge in [0.2, 0.25) is 0 Å². The van der Waals surface area contributed by atoms with E-state index in [0.717, 1.165) is 17.9 Å². The second kappa shape index (κ2) is 5.87. The summed E-state index contributed by atoms with van der Waals surface area (Å²) in [6, 6.07) is 10.6. The fourth-order valence-corrected chi connectivity index (χ4v) is 3.66. The Bertz CT molecular complexity index is 747. The lowest BCUT2D eigenvalue weighted by Crippen LogP contribution is -2.18. The molecule has 4 nitrogen and oxygen atoms in total. The van der Waals surface area contributed by atoms with Crippen molar-refractivity contribution in [2.75, 3.05) is 14.2 Å². The molecule has 110 valence electrons. The van der Waals surface area contributed by atoms with Gasteiger partial charge in [-0.05, 0) is 24.6 Å². The number of methoxy groups -OCH3 is 1. The number of hydrogen-bond donors (Lipinski definition) is 1. The summed E-state index contributed by atoms with van der Waals surface area (Å²) in [7, 11) is 5.69. The van der Waals surface area contributed by atoms with E-state index in [1.165, 1.54) is 15.8 Å². The number of likely N-dealkylation sites (N-methyl/N-ethyl adjacent to an activating group) is 1. The Labute approximate surface area is 128 Å². The minimum atomic E-state index is 0.207. The third-order valence-electron chi connectivity index (χ3n) is 3.77. The molecule has 0 radical (unpaired) electrons. The van der Waals surface area contributed by atoms with Gasteiger partial charge in [-0.1, -0.05) is 18.2 Å². The maximum absolute atomic E-state index is 5.44. The highest BCUT2D eigenvalue weighted by atomic mass is 32.1. The molecule has 2 heterocycles. The molecular formula is C16H19N3OS. The van der Waals surface area contributed by atoms with Crippen LogP contribution < -0.4 is 10.1 Å². The Hall–Kier alpha value is -1.85. The molecule has 21 heavy (non-hydrogen) atoms. The molecule has 1 atom stereocenters. The number of para-hydroxylation sites is 1. The van der Waals surface area contributed by atoms with Crippen molar-refractivity contribution in [2.24, 2.45) is 7.05 Å². The Morgan fingerprint density at radius 2 is 2.14 bits per heavy atom. The second-order valence-corrected chi connectivity index (χ2v) is 5.93. The van der Waals surface area contributed by atoms with Crippen LogP contribution in [0.2, 0.25) is 0 Å². The molecule has 0 aliphatic rings. The molecule has 3 rings (SSSR count). The van der Waals surface area contributed by atoms with E-state index in [2.05, 4.69) is 34.0 Å². The fraction of sp³-hybridized carbons (Fsp3) is 0.312. The molecule has 3 aromatic rings. The van der Waals surface area contributed by atoms with Gasteiger partial charge in [0.05, 0.1) is 29.2 Å². The lowest BCUT2D eigenvalue weighted by Gasteiger charge is -2.15. The molecule has 0 amide bonds. The third kappa shape index (κ3) is 2.54. The van der Waals surface area contributed by atoms with Crippen LogP contribution in [0.1, 0.15) is 16.6 Å². The molecule has 0 fully saturated rings. The number of fused-ring (bicyclic) bond motifs is 1. The van der Waals surface area contributed by atoms with Gasteiger partial charge in [0, 0.05) is 18.9 Å². The van der Waals surface area contributed by atoms with Crippen molar-refractivity contribution < 1.29 is 4.74 Å². The Morgan fingerprint density at radius 3 is 2.90 bits per heavy atom. The van der Waals surface area contributed by atoms with Crippen LogP contribution in [-0.4, -0.2) is 23.9 Å². The summed E-state index contributed by atoms with van der Waals surface area (Å²) in [4.78, 5) is 1.22. The van der Waals surface area contributed by atoms with Crippen LogP contribution in [0, 0.1) is 0 Å². The monoisotopic (exact) mass is 301 g/mol. The zero-order valence-electron chi connectivity index (χ0n) is 12.5. The smallest absolute Gasteiger partial charge is 0.134 e. The molecule has 0 spiro atoms. The Kier molecular flexibility index (Phi) is 3.94. The van der Waals surface area contributed by atoms with E-state index >= 15 is 0 Å². The molecule has 1 aromatic carbocycles. The number of benzene rings is 1. The van der Waals surface area contributed by atoms with Gasteiger partial charge in [0.25, 0.3) is 0 Å². The van der Waals surface area contributed by atoms with Gasteiger partial charge >= 0.3 is 0 Å². The summed E-state index contributed by atoms with van der Waals surface area (Å²) in [5.41, 5.74) is 2.28. The molecule has 0 saturated heterocycles. The first kappa shape index (κ1) is 14.1. The Morgan fingerprint density at radius 1 is 1.33 bits per heavy atom. The van der Waals surface area contributed by atoms with E-state index in [9.17, 15) is 0 Å². The highest BCUT2D eigenvalue weighted by Crippen LogP contribution is 2.33. The van der Waals surface area contributed by atoms with E-state index in [1.54, 1.807) is 18.4 Å². The summed E-state index contributed by atoms with van der Waals surface area (Å²) in [6.45, 7) is 0. The minimum absolute atomic E-state index is 0.207. The van der Waals surface area contributed by atoms with Crippen molar-refractivity contribution in [1.82, 2.24) is 15.1 Å². The van der Waals surface area contributed by atoms with Gasteiger partial charge in [-0.25, -0.2) is 0 Å². The summed E-state index contributed by atoms with van der Waals surface area (Å²) in [5.74, 6) is 0.944. The lowest BCUT2D eigenvalue weighted by atomic mass is 10.1. The van der Waals surface area contributed by atoms with Crippen LogP contribution in [0.3, 0.4) is 0 Å². The lowest BCUT2D eigenvalue weighted by molar-refractivity contribution is 0.405. The van der Waals surface area contributed by atoms with Crippen molar-refractivity contribution in [3.8, 4) is 5.75 Å². The summed E-state index contributed by atoms with van der Waals surface area (Å²) in [5, 5.41) is 11.3. The number of thiophene rings is 1.